The molecule has 0 atom stereocenters. The molecule has 7 nitrogen and oxygen atoms in total. The van der Waals surface area contributed by atoms with Crippen LogP contribution in [0.25, 0.3) is 0 Å². The third kappa shape index (κ3) is 5.92. The second kappa shape index (κ2) is 8.78. The first kappa shape index (κ1) is 17.6. The van der Waals surface area contributed by atoms with Crippen molar-refractivity contribution in [1.82, 2.24) is 10.6 Å². The molecule has 0 bridgehead atoms. The van der Waals surface area contributed by atoms with Crippen LogP contribution >= 0.6 is 0 Å². The van der Waals surface area contributed by atoms with Crippen LogP contribution < -0.4 is 21.3 Å². The van der Waals surface area contributed by atoms with Gasteiger partial charge in [-0.1, -0.05) is 18.2 Å². The van der Waals surface area contributed by atoms with Crippen molar-refractivity contribution < 1.29 is 19.7 Å². The number of likely N-dealkylation sites (N-methyl/N-ethyl adjacent to an activating group) is 1. The third-order valence-electron chi connectivity index (χ3n) is 3.13. The molecule has 3 amide bonds. The average molecular weight is 307 g/mol. The SMILES string of the molecule is CNC(=O)C[NH2+]CC(=O)NCC(=O)Nc1c(C)cccc1C. The third-order valence-corrected chi connectivity index (χ3v) is 3.13. The molecular formula is C15H23N4O3+. The lowest BCUT2D eigenvalue weighted by atomic mass is 10.1. The maximum Gasteiger partial charge on any atom is 0.275 e. The van der Waals surface area contributed by atoms with Gasteiger partial charge in [0.25, 0.3) is 11.8 Å². The molecule has 0 unspecified atom stereocenters. The molecule has 1 rings (SSSR count). The molecule has 1 aromatic carbocycles. The van der Waals surface area contributed by atoms with Gasteiger partial charge in [0.1, 0.15) is 0 Å². The largest absolute Gasteiger partial charge is 0.354 e. The first-order valence-corrected chi connectivity index (χ1v) is 7.09. The highest BCUT2D eigenvalue weighted by Gasteiger charge is 2.10. The predicted octanol–water partition coefficient (Wildman–Crippen LogP) is -1.33. The Kier molecular flexibility index (Phi) is 7.04. The second-order valence-electron chi connectivity index (χ2n) is 4.96. The molecule has 0 aromatic heterocycles. The minimum absolute atomic E-state index is 0.0968. The predicted molar refractivity (Wildman–Crippen MR) is 83.3 cm³/mol. The maximum atomic E-state index is 11.8. The van der Waals surface area contributed by atoms with Crippen LogP contribution in [-0.4, -0.2) is 44.4 Å². The monoisotopic (exact) mass is 307 g/mol. The van der Waals surface area contributed by atoms with Gasteiger partial charge in [0.05, 0.1) is 6.54 Å². The number of anilines is 1. The van der Waals surface area contributed by atoms with Gasteiger partial charge in [-0.05, 0) is 25.0 Å². The van der Waals surface area contributed by atoms with E-state index in [1.165, 1.54) is 7.05 Å². The van der Waals surface area contributed by atoms with Crippen molar-refractivity contribution in [3.8, 4) is 0 Å². The summed E-state index contributed by atoms with van der Waals surface area (Å²) in [5, 5.41) is 9.34. The van der Waals surface area contributed by atoms with Crippen LogP contribution in [0.1, 0.15) is 11.1 Å². The summed E-state index contributed by atoms with van der Waals surface area (Å²) in [7, 11) is 1.54. The molecule has 0 heterocycles. The van der Waals surface area contributed by atoms with Crippen molar-refractivity contribution in [1.29, 1.82) is 0 Å². The molecule has 1 aromatic rings. The number of aryl methyl sites for hydroxylation is 2. The van der Waals surface area contributed by atoms with Gasteiger partial charge in [0.2, 0.25) is 5.91 Å². The van der Waals surface area contributed by atoms with E-state index in [0.29, 0.717) is 0 Å². The molecule has 0 aliphatic carbocycles. The standard InChI is InChI=1S/C15H22N4O3/c1-10-5-4-6-11(2)15(10)19-14(22)9-18-13(21)8-17-7-12(20)16-3/h4-6,17H,7-9H2,1-3H3,(H,16,20)(H,18,21)(H,19,22)/p+1. The number of quaternary nitrogens is 1. The number of hydrogen-bond acceptors (Lipinski definition) is 3. The first-order chi connectivity index (χ1) is 10.4. The normalized spacial score (nSPS) is 9.95. The molecule has 0 saturated heterocycles. The van der Waals surface area contributed by atoms with Crippen LogP contribution in [-0.2, 0) is 14.4 Å². The van der Waals surface area contributed by atoms with Crippen molar-refractivity contribution in [2.75, 3.05) is 32.0 Å². The number of hydrogen-bond donors (Lipinski definition) is 4. The summed E-state index contributed by atoms with van der Waals surface area (Å²) in [6.45, 7) is 4.01. The van der Waals surface area contributed by atoms with Crippen LogP contribution in [0.3, 0.4) is 0 Å². The number of rotatable bonds is 7. The Bertz CT molecular complexity index is 537. The number of amides is 3. The van der Waals surface area contributed by atoms with E-state index in [-0.39, 0.29) is 37.4 Å². The van der Waals surface area contributed by atoms with E-state index in [1.807, 2.05) is 32.0 Å². The average Bonchev–Trinajstić information content (AvgIpc) is 2.48. The van der Waals surface area contributed by atoms with E-state index in [2.05, 4.69) is 16.0 Å². The van der Waals surface area contributed by atoms with E-state index >= 15 is 0 Å². The summed E-state index contributed by atoms with van der Waals surface area (Å²) in [5.74, 6) is -0.724. The van der Waals surface area contributed by atoms with Crippen LogP contribution in [0.15, 0.2) is 18.2 Å². The van der Waals surface area contributed by atoms with Crippen molar-refractivity contribution in [3.05, 3.63) is 29.3 Å². The van der Waals surface area contributed by atoms with E-state index < -0.39 is 0 Å². The summed E-state index contributed by atoms with van der Waals surface area (Å²) in [6, 6.07) is 5.74. The van der Waals surface area contributed by atoms with E-state index in [9.17, 15) is 14.4 Å². The Morgan fingerprint density at radius 1 is 1.00 bits per heavy atom. The van der Waals surface area contributed by atoms with Gasteiger partial charge >= 0.3 is 0 Å². The number of nitrogens with one attached hydrogen (secondary N) is 3. The molecule has 0 fully saturated rings. The topological polar surface area (TPSA) is 104 Å². The Hall–Kier alpha value is -2.41. The van der Waals surface area contributed by atoms with Gasteiger partial charge in [0.15, 0.2) is 13.1 Å². The highest BCUT2D eigenvalue weighted by atomic mass is 16.2. The smallest absolute Gasteiger partial charge is 0.275 e. The lowest BCUT2D eigenvalue weighted by Crippen LogP contribution is -2.88. The van der Waals surface area contributed by atoms with Gasteiger partial charge in [0, 0.05) is 12.7 Å². The molecule has 22 heavy (non-hydrogen) atoms. The number of para-hydroxylation sites is 1. The fourth-order valence-corrected chi connectivity index (χ4v) is 1.88. The number of carbonyl (C=O) groups excluding carboxylic acids is 3. The molecule has 0 aliphatic heterocycles. The number of nitrogens with two attached hydrogens (primary N) is 1. The van der Waals surface area contributed by atoms with E-state index in [0.717, 1.165) is 16.8 Å². The van der Waals surface area contributed by atoms with Crippen LogP contribution in [0.2, 0.25) is 0 Å². The van der Waals surface area contributed by atoms with Gasteiger partial charge in [-0.3, -0.25) is 14.4 Å². The van der Waals surface area contributed by atoms with Crippen LogP contribution in [0.5, 0.6) is 0 Å². The highest BCUT2D eigenvalue weighted by molar-refractivity contribution is 5.95. The van der Waals surface area contributed by atoms with Crippen LogP contribution in [0.4, 0.5) is 5.69 Å². The Morgan fingerprint density at radius 2 is 1.59 bits per heavy atom. The lowest BCUT2D eigenvalue weighted by molar-refractivity contribution is -0.633. The summed E-state index contributed by atoms with van der Waals surface area (Å²) in [5.41, 5.74) is 2.71. The highest BCUT2D eigenvalue weighted by Crippen LogP contribution is 2.18. The molecule has 0 saturated carbocycles. The first-order valence-electron chi connectivity index (χ1n) is 7.09. The maximum absolute atomic E-state index is 11.8. The van der Waals surface area contributed by atoms with Gasteiger partial charge in [-0.2, -0.15) is 0 Å². The zero-order chi connectivity index (χ0) is 16.5. The fourth-order valence-electron chi connectivity index (χ4n) is 1.88. The van der Waals surface area contributed by atoms with Crippen molar-refractivity contribution in [3.63, 3.8) is 0 Å². The van der Waals surface area contributed by atoms with Gasteiger partial charge in [-0.15, -0.1) is 0 Å². The Labute approximate surface area is 129 Å². The molecule has 120 valence electrons. The number of benzene rings is 1. The Balaban J connectivity index is 2.34. The quantitative estimate of drug-likeness (QED) is 0.501. The molecule has 0 radical (unpaired) electrons. The summed E-state index contributed by atoms with van der Waals surface area (Å²) < 4.78 is 0. The molecule has 0 spiro atoms. The summed E-state index contributed by atoms with van der Waals surface area (Å²) in [6.07, 6.45) is 0. The minimum atomic E-state index is -0.291. The molecule has 5 N–H and O–H groups in total. The van der Waals surface area contributed by atoms with Crippen molar-refractivity contribution in [2.24, 2.45) is 0 Å². The zero-order valence-electron chi connectivity index (χ0n) is 13.2. The van der Waals surface area contributed by atoms with Crippen LogP contribution in [0, 0.1) is 13.8 Å². The number of carbonyl (C=O) groups is 3. The van der Waals surface area contributed by atoms with Gasteiger partial charge < -0.3 is 21.3 Å². The Morgan fingerprint density at radius 3 is 2.18 bits per heavy atom. The van der Waals surface area contributed by atoms with E-state index in [4.69, 9.17) is 0 Å². The van der Waals surface area contributed by atoms with E-state index in [1.54, 1.807) is 5.32 Å². The summed E-state index contributed by atoms with van der Waals surface area (Å²) >= 11 is 0. The fraction of sp³-hybridized carbons (Fsp3) is 0.400. The minimum Gasteiger partial charge on any atom is -0.354 e. The lowest BCUT2D eigenvalue weighted by Gasteiger charge is -2.11. The van der Waals surface area contributed by atoms with Crippen molar-refractivity contribution in [2.45, 2.75) is 13.8 Å². The van der Waals surface area contributed by atoms with Crippen molar-refractivity contribution >= 4 is 23.4 Å². The summed E-state index contributed by atoms with van der Waals surface area (Å²) in [4.78, 5) is 34.4. The molecule has 0 aliphatic rings. The molecular weight excluding hydrogens is 284 g/mol. The molecule has 7 heteroatoms. The second-order valence-corrected chi connectivity index (χ2v) is 4.96. The van der Waals surface area contributed by atoms with Gasteiger partial charge in [-0.25, -0.2) is 0 Å². The zero-order valence-corrected chi connectivity index (χ0v) is 13.2.